The highest BCUT2D eigenvalue weighted by molar-refractivity contribution is 6.06. The Balaban J connectivity index is 1.37. The first-order valence-electron chi connectivity index (χ1n) is 9.53. The van der Waals surface area contributed by atoms with Crippen LogP contribution in [0.3, 0.4) is 0 Å². The van der Waals surface area contributed by atoms with Gasteiger partial charge in [-0.15, -0.1) is 0 Å². The Bertz CT molecular complexity index is 926. The first-order valence-corrected chi connectivity index (χ1v) is 9.53. The van der Waals surface area contributed by atoms with E-state index in [0.717, 1.165) is 42.0 Å². The van der Waals surface area contributed by atoms with Crippen molar-refractivity contribution in [1.29, 1.82) is 0 Å². The Kier molecular flexibility index (Phi) is 3.62. The Morgan fingerprint density at radius 2 is 1.96 bits per heavy atom. The highest BCUT2D eigenvalue weighted by Crippen LogP contribution is 2.44. The van der Waals surface area contributed by atoms with Gasteiger partial charge in [-0.25, -0.2) is 0 Å². The van der Waals surface area contributed by atoms with Crippen molar-refractivity contribution in [2.75, 3.05) is 32.0 Å². The highest BCUT2D eigenvalue weighted by Gasteiger charge is 2.49. The molecule has 7 nitrogen and oxygen atoms in total. The van der Waals surface area contributed by atoms with Gasteiger partial charge in [0.2, 0.25) is 5.91 Å². The zero-order valence-corrected chi connectivity index (χ0v) is 15.4. The number of likely N-dealkylation sites (tertiary alicyclic amines) is 1. The number of nitrogens with one attached hydrogen (secondary N) is 2. The number of aromatic amines is 1. The van der Waals surface area contributed by atoms with Crippen molar-refractivity contribution in [3.8, 4) is 0 Å². The van der Waals surface area contributed by atoms with Crippen LogP contribution in [-0.2, 0) is 23.2 Å². The van der Waals surface area contributed by atoms with Gasteiger partial charge in [-0.1, -0.05) is 18.2 Å². The number of hydrogen-bond donors (Lipinski definition) is 2. The molecule has 2 amide bonds. The Morgan fingerprint density at radius 3 is 2.78 bits per heavy atom. The molecule has 1 fully saturated rings. The third-order valence-corrected chi connectivity index (χ3v) is 6.36. The number of amides is 2. The maximum atomic E-state index is 13.1. The highest BCUT2D eigenvalue weighted by atomic mass is 16.2. The monoisotopic (exact) mass is 365 g/mol. The van der Waals surface area contributed by atoms with Gasteiger partial charge in [-0.05, 0) is 31.5 Å². The average Bonchev–Trinajstić information content (AvgIpc) is 3.21. The summed E-state index contributed by atoms with van der Waals surface area (Å²) in [5, 5.41) is 10.4. The molecular formula is C20H23N5O2. The van der Waals surface area contributed by atoms with E-state index < -0.39 is 5.41 Å². The second-order valence-corrected chi connectivity index (χ2v) is 7.89. The van der Waals surface area contributed by atoms with Crippen LogP contribution in [0.4, 0.5) is 5.69 Å². The van der Waals surface area contributed by atoms with Gasteiger partial charge in [0, 0.05) is 49.5 Å². The molecule has 1 aromatic heterocycles. The third-order valence-electron chi connectivity index (χ3n) is 6.36. The molecule has 5 rings (SSSR count). The Hall–Kier alpha value is -2.67. The third kappa shape index (κ3) is 2.41. The summed E-state index contributed by atoms with van der Waals surface area (Å²) in [6, 6.07) is 7.90. The van der Waals surface area contributed by atoms with Gasteiger partial charge in [0.25, 0.3) is 5.91 Å². The summed E-state index contributed by atoms with van der Waals surface area (Å²) in [5.41, 5.74) is 4.13. The fourth-order valence-corrected chi connectivity index (χ4v) is 4.72. The van der Waals surface area contributed by atoms with Gasteiger partial charge in [0.1, 0.15) is 0 Å². The van der Waals surface area contributed by atoms with E-state index in [9.17, 15) is 9.59 Å². The van der Waals surface area contributed by atoms with E-state index in [4.69, 9.17) is 0 Å². The van der Waals surface area contributed by atoms with E-state index >= 15 is 0 Å². The number of piperidine rings is 1. The summed E-state index contributed by atoms with van der Waals surface area (Å²) in [7, 11) is 2.06. The quantitative estimate of drug-likeness (QED) is 0.803. The molecule has 0 aliphatic carbocycles. The van der Waals surface area contributed by atoms with Crippen molar-refractivity contribution < 1.29 is 9.59 Å². The number of fused-ring (bicyclic) bond motifs is 3. The van der Waals surface area contributed by atoms with E-state index in [1.54, 1.807) is 0 Å². The van der Waals surface area contributed by atoms with Crippen molar-refractivity contribution in [3.63, 3.8) is 0 Å². The number of H-pyrrole nitrogens is 1. The van der Waals surface area contributed by atoms with Crippen molar-refractivity contribution in [2.45, 2.75) is 31.2 Å². The summed E-state index contributed by atoms with van der Waals surface area (Å²) in [4.78, 5) is 29.9. The molecule has 140 valence electrons. The molecule has 0 bridgehead atoms. The van der Waals surface area contributed by atoms with Gasteiger partial charge in [0.05, 0.1) is 5.41 Å². The lowest BCUT2D eigenvalue weighted by Crippen LogP contribution is -2.48. The topological polar surface area (TPSA) is 81.3 Å². The van der Waals surface area contributed by atoms with Crippen molar-refractivity contribution in [3.05, 3.63) is 46.8 Å². The van der Waals surface area contributed by atoms with Gasteiger partial charge in [0.15, 0.2) is 5.69 Å². The summed E-state index contributed by atoms with van der Waals surface area (Å²) >= 11 is 0. The second kappa shape index (κ2) is 5.92. The van der Waals surface area contributed by atoms with Crippen molar-refractivity contribution in [1.82, 2.24) is 20.0 Å². The van der Waals surface area contributed by atoms with Gasteiger partial charge in [-0.3, -0.25) is 14.7 Å². The number of aromatic nitrogens is 2. The number of hydrogen-bond acceptors (Lipinski definition) is 4. The molecule has 3 aliphatic heterocycles. The molecule has 27 heavy (non-hydrogen) atoms. The van der Waals surface area contributed by atoms with E-state index in [1.165, 1.54) is 0 Å². The fraction of sp³-hybridized carbons (Fsp3) is 0.450. The molecule has 0 radical (unpaired) electrons. The van der Waals surface area contributed by atoms with Crippen molar-refractivity contribution in [2.24, 2.45) is 0 Å². The molecule has 2 N–H and O–H groups in total. The molecule has 0 unspecified atom stereocenters. The lowest BCUT2D eigenvalue weighted by atomic mass is 9.73. The van der Waals surface area contributed by atoms with Crippen LogP contribution in [0.5, 0.6) is 0 Å². The van der Waals surface area contributed by atoms with Crippen LogP contribution in [-0.4, -0.2) is 58.5 Å². The minimum Gasteiger partial charge on any atom is -0.337 e. The number of para-hydroxylation sites is 1. The van der Waals surface area contributed by atoms with Crippen LogP contribution in [0.25, 0.3) is 0 Å². The number of anilines is 1. The van der Waals surface area contributed by atoms with E-state index in [-0.39, 0.29) is 11.8 Å². The minimum absolute atomic E-state index is 0.0238. The predicted molar refractivity (Wildman–Crippen MR) is 101 cm³/mol. The average molecular weight is 365 g/mol. The number of nitrogens with zero attached hydrogens (tertiary/aromatic N) is 3. The first-order chi connectivity index (χ1) is 13.1. The fourth-order valence-electron chi connectivity index (χ4n) is 4.72. The lowest BCUT2D eigenvalue weighted by molar-refractivity contribution is -0.122. The number of benzene rings is 1. The molecule has 1 saturated heterocycles. The predicted octanol–water partition coefficient (Wildman–Crippen LogP) is 1.52. The van der Waals surface area contributed by atoms with Crippen LogP contribution in [0.1, 0.15) is 40.2 Å². The summed E-state index contributed by atoms with van der Waals surface area (Å²) in [6.45, 7) is 2.86. The van der Waals surface area contributed by atoms with Gasteiger partial charge >= 0.3 is 0 Å². The number of carbonyl (C=O) groups excluding carboxylic acids is 2. The number of likely N-dealkylation sites (N-methyl/N-ethyl adjacent to an activating group) is 1. The molecule has 1 spiro atoms. The largest absolute Gasteiger partial charge is 0.337 e. The molecule has 3 aliphatic rings. The smallest absolute Gasteiger partial charge is 0.274 e. The zero-order chi connectivity index (χ0) is 18.6. The summed E-state index contributed by atoms with van der Waals surface area (Å²) in [5.74, 6) is 0.0407. The minimum atomic E-state index is -0.501. The normalized spacial score (nSPS) is 21.1. The second-order valence-electron chi connectivity index (χ2n) is 7.89. The van der Waals surface area contributed by atoms with E-state index in [0.29, 0.717) is 31.6 Å². The van der Waals surface area contributed by atoms with Crippen molar-refractivity contribution >= 4 is 17.5 Å². The summed E-state index contributed by atoms with van der Waals surface area (Å²) in [6.07, 6.45) is 2.19. The van der Waals surface area contributed by atoms with Crippen LogP contribution >= 0.6 is 0 Å². The first kappa shape index (κ1) is 16.5. The Morgan fingerprint density at radius 1 is 1.19 bits per heavy atom. The Labute approximate surface area is 157 Å². The standard InChI is InChI=1S/C20H23N5O2/c1-24-9-6-15-13(12-24)17(23-22-15)18(26)25-10-7-20(8-11-25)14-4-2-3-5-16(14)21-19(20)27/h2-5H,6-12H2,1H3,(H,21,27)(H,22,23). The zero-order valence-electron chi connectivity index (χ0n) is 15.4. The number of carbonyl (C=O) groups is 2. The molecule has 7 heteroatoms. The lowest BCUT2D eigenvalue weighted by Gasteiger charge is -2.38. The molecule has 0 atom stereocenters. The molecule has 4 heterocycles. The maximum absolute atomic E-state index is 13.1. The maximum Gasteiger partial charge on any atom is 0.274 e. The van der Waals surface area contributed by atoms with E-state index in [2.05, 4.69) is 27.5 Å². The molecule has 2 aromatic rings. The van der Waals surface area contributed by atoms with Gasteiger partial charge in [-0.2, -0.15) is 5.10 Å². The van der Waals surface area contributed by atoms with Crippen LogP contribution < -0.4 is 5.32 Å². The van der Waals surface area contributed by atoms with Crippen LogP contribution in [0.15, 0.2) is 24.3 Å². The molecular weight excluding hydrogens is 342 g/mol. The number of rotatable bonds is 1. The van der Waals surface area contributed by atoms with Gasteiger partial charge < -0.3 is 15.1 Å². The molecule has 1 aromatic carbocycles. The van der Waals surface area contributed by atoms with E-state index in [1.807, 2.05) is 29.2 Å². The molecule has 0 saturated carbocycles. The van der Waals surface area contributed by atoms with Crippen LogP contribution in [0.2, 0.25) is 0 Å². The SMILES string of the molecule is CN1CCc2[nH]nc(C(=O)N3CCC4(CC3)C(=O)Nc3ccccc34)c2C1. The summed E-state index contributed by atoms with van der Waals surface area (Å²) < 4.78 is 0. The van der Waals surface area contributed by atoms with Crippen LogP contribution in [0, 0.1) is 0 Å².